The summed E-state index contributed by atoms with van der Waals surface area (Å²) in [5, 5.41) is 11.6. The van der Waals surface area contributed by atoms with Gasteiger partial charge in [-0.2, -0.15) is 26.3 Å². The Bertz CT molecular complexity index is 1460. The van der Waals surface area contributed by atoms with Crippen molar-refractivity contribution in [2.45, 2.75) is 36.7 Å². The highest BCUT2D eigenvalue weighted by Crippen LogP contribution is 2.36. The van der Waals surface area contributed by atoms with Crippen molar-refractivity contribution in [1.29, 1.82) is 0 Å². The maximum absolute atomic E-state index is 13.2. The van der Waals surface area contributed by atoms with E-state index in [0.717, 1.165) is 11.1 Å². The Morgan fingerprint density at radius 1 is 0.923 bits per heavy atom. The number of rotatable bonds is 7. The van der Waals surface area contributed by atoms with E-state index in [9.17, 15) is 31.1 Å². The van der Waals surface area contributed by atoms with E-state index in [1.54, 1.807) is 22.8 Å². The van der Waals surface area contributed by atoms with Gasteiger partial charge < -0.3 is 5.32 Å². The van der Waals surface area contributed by atoms with E-state index >= 15 is 0 Å². The minimum atomic E-state index is -5.08. The van der Waals surface area contributed by atoms with Crippen LogP contribution >= 0.6 is 23.4 Å². The lowest BCUT2D eigenvalue weighted by Crippen LogP contribution is -2.26. The highest BCUT2D eigenvalue weighted by Gasteiger charge is 2.37. The van der Waals surface area contributed by atoms with Crippen molar-refractivity contribution in [3.8, 4) is 5.69 Å². The second kappa shape index (κ2) is 11.3. The van der Waals surface area contributed by atoms with Crippen molar-refractivity contribution in [2.24, 2.45) is 0 Å². The lowest BCUT2D eigenvalue weighted by molar-refractivity contribution is -0.143. The molecule has 5 nitrogen and oxygen atoms in total. The molecule has 13 heteroatoms. The molecule has 0 spiro atoms. The van der Waals surface area contributed by atoms with Crippen LogP contribution < -0.4 is 5.32 Å². The molecule has 1 N–H and O–H groups in total. The minimum absolute atomic E-state index is 0.0361. The zero-order chi connectivity index (χ0) is 28.4. The van der Waals surface area contributed by atoms with Gasteiger partial charge in [0.05, 0.1) is 23.4 Å². The molecule has 1 aromatic heterocycles. The van der Waals surface area contributed by atoms with E-state index in [4.69, 9.17) is 11.6 Å². The molecule has 0 aliphatic carbocycles. The largest absolute Gasteiger partial charge is 0.416 e. The highest BCUT2D eigenvalue weighted by molar-refractivity contribution is 7.98. The highest BCUT2D eigenvalue weighted by atomic mass is 35.5. The second-order valence-electron chi connectivity index (χ2n) is 8.42. The number of hydrogen-bond acceptors (Lipinski definition) is 4. The predicted molar refractivity (Wildman–Crippen MR) is 135 cm³/mol. The molecule has 0 saturated carbocycles. The Morgan fingerprint density at radius 3 is 2.18 bits per heavy atom. The molecule has 4 rings (SSSR count). The maximum Gasteiger partial charge on any atom is 0.416 e. The third kappa shape index (κ3) is 6.93. The first-order chi connectivity index (χ1) is 18.3. The molecule has 39 heavy (non-hydrogen) atoms. The average molecular weight is 585 g/mol. The van der Waals surface area contributed by atoms with E-state index in [0.29, 0.717) is 33.8 Å². The fraction of sp³-hybridized carbons (Fsp3) is 0.192. The Morgan fingerprint density at radius 2 is 1.56 bits per heavy atom. The summed E-state index contributed by atoms with van der Waals surface area (Å²) in [7, 11) is 0. The van der Waals surface area contributed by atoms with Crippen LogP contribution in [0.15, 0.2) is 71.9 Å². The molecule has 204 valence electrons. The van der Waals surface area contributed by atoms with Gasteiger partial charge in [-0.1, -0.05) is 59.8 Å². The van der Waals surface area contributed by atoms with Gasteiger partial charge in [0.1, 0.15) is 0 Å². The van der Waals surface area contributed by atoms with E-state index < -0.39 is 35.0 Å². The monoisotopic (exact) mass is 584 g/mol. The number of nitrogens with zero attached hydrogens (tertiary/aromatic N) is 3. The van der Waals surface area contributed by atoms with Crippen LogP contribution in [-0.4, -0.2) is 20.7 Å². The fourth-order valence-electron chi connectivity index (χ4n) is 3.64. The Kier molecular flexibility index (Phi) is 8.26. The zero-order valence-electron chi connectivity index (χ0n) is 20.1. The van der Waals surface area contributed by atoms with Gasteiger partial charge in [0.15, 0.2) is 11.0 Å². The van der Waals surface area contributed by atoms with Gasteiger partial charge in [0.2, 0.25) is 0 Å². The Labute approximate surface area is 228 Å². The molecule has 0 aliphatic heterocycles. The van der Waals surface area contributed by atoms with Crippen LogP contribution in [0.1, 0.15) is 38.4 Å². The molecule has 0 fully saturated rings. The lowest BCUT2D eigenvalue weighted by atomic mass is 10.0. The summed E-state index contributed by atoms with van der Waals surface area (Å²) < 4.78 is 81.0. The summed E-state index contributed by atoms with van der Waals surface area (Å²) in [6, 6.07) is 15.4. The van der Waals surface area contributed by atoms with Crippen LogP contribution in [-0.2, 0) is 24.7 Å². The Hall–Kier alpha value is -3.51. The molecule has 0 aliphatic rings. The number of halogens is 7. The number of nitrogens with one attached hydrogen (secondary N) is 1. The summed E-state index contributed by atoms with van der Waals surface area (Å²) in [5.74, 6) is -0.398. The van der Waals surface area contributed by atoms with Gasteiger partial charge in [0, 0.05) is 16.3 Å². The predicted octanol–water partition coefficient (Wildman–Crippen LogP) is 7.49. The summed E-state index contributed by atoms with van der Waals surface area (Å²) in [6.45, 7) is 1.49. The normalized spacial score (nSPS) is 12.0. The van der Waals surface area contributed by atoms with E-state index in [1.807, 2.05) is 37.3 Å². The van der Waals surface area contributed by atoms with Crippen LogP contribution in [0.5, 0.6) is 0 Å². The van der Waals surface area contributed by atoms with Crippen molar-refractivity contribution in [3.63, 3.8) is 0 Å². The average Bonchev–Trinajstić information content (AvgIpc) is 3.29. The van der Waals surface area contributed by atoms with Gasteiger partial charge in [-0.05, 0) is 48.4 Å². The first-order valence-electron chi connectivity index (χ1n) is 11.3. The van der Waals surface area contributed by atoms with Gasteiger partial charge in [0.25, 0.3) is 5.91 Å². The zero-order valence-corrected chi connectivity index (χ0v) is 21.6. The summed E-state index contributed by atoms with van der Waals surface area (Å²) >= 11 is 7.56. The van der Waals surface area contributed by atoms with Gasteiger partial charge in [-0.3, -0.25) is 9.36 Å². The molecule has 0 unspecified atom stereocenters. The first-order valence-corrected chi connectivity index (χ1v) is 12.6. The lowest BCUT2D eigenvalue weighted by Gasteiger charge is -2.15. The summed E-state index contributed by atoms with van der Waals surface area (Å²) in [5.41, 5.74) is -1.55. The van der Waals surface area contributed by atoms with Crippen LogP contribution in [0.4, 0.5) is 26.3 Å². The molecule has 4 aromatic rings. The van der Waals surface area contributed by atoms with Crippen LogP contribution in [0.25, 0.3) is 5.69 Å². The fourth-order valence-corrected chi connectivity index (χ4v) is 4.73. The number of alkyl halides is 6. The molecular formula is C26H19ClF6N4OS. The van der Waals surface area contributed by atoms with Crippen molar-refractivity contribution in [3.05, 3.63) is 105 Å². The molecule has 0 bridgehead atoms. The van der Waals surface area contributed by atoms with E-state index in [1.165, 1.54) is 11.8 Å². The van der Waals surface area contributed by atoms with Crippen molar-refractivity contribution >= 4 is 29.3 Å². The Balaban J connectivity index is 1.65. The maximum atomic E-state index is 13.2. The first kappa shape index (κ1) is 28.5. The van der Waals surface area contributed by atoms with Gasteiger partial charge >= 0.3 is 12.4 Å². The number of aromatic nitrogens is 3. The number of hydrogen-bond donors (Lipinski definition) is 1. The van der Waals surface area contributed by atoms with Gasteiger partial charge in [-0.15, -0.1) is 10.2 Å². The number of carbonyl (C=O) groups is 1. The second-order valence-corrected chi connectivity index (χ2v) is 9.80. The molecule has 1 heterocycles. The number of aryl methyl sites for hydroxylation is 1. The molecule has 1 amide bonds. The third-order valence-electron chi connectivity index (χ3n) is 5.58. The van der Waals surface area contributed by atoms with Crippen LogP contribution in [0, 0.1) is 6.92 Å². The van der Waals surface area contributed by atoms with E-state index in [-0.39, 0.29) is 18.4 Å². The van der Waals surface area contributed by atoms with Crippen molar-refractivity contribution < 1.29 is 31.1 Å². The number of benzene rings is 3. The standard InChI is InChI=1S/C26H19ClF6N4OS/c1-15-7-8-20(27)12-21(15)37-22(35-36-24(37)39-14-16-5-3-2-4-6-16)13-34-23(38)17-9-18(25(28,29)30)11-19(10-17)26(31,32)33/h2-12H,13-14H2,1H3,(H,34,38). The van der Waals surface area contributed by atoms with Crippen molar-refractivity contribution in [2.75, 3.05) is 0 Å². The summed E-state index contributed by atoms with van der Waals surface area (Å²) in [6.07, 6.45) is -10.2. The SMILES string of the molecule is Cc1ccc(Cl)cc1-n1c(CNC(=O)c2cc(C(F)(F)F)cc(C(F)(F)F)c2)nnc1SCc1ccccc1. The van der Waals surface area contributed by atoms with Gasteiger partial charge in [-0.25, -0.2) is 0 Å². The van der Waals surface area contributed by atoms with Crippen LogP contribution in [0.3, 0.4) is 0 Å². The third-order valence-corrected chi connectivity index (χ3v) is 6.82. The quantitative estimate of drug-likeness (QED) is 0.181. The summed E-state index contributed by atoms with van der Waals surface area (Å²) in [4.78, 5) is 12.7. The molecule has 0 saturated heterocycles. The molecular weight excluding hydrogens is 566 g/mol. The topological polar surface area (TPSA) is 59.8 Å². The van der Waals surface area contributed by atoms with E-state index in [2.05, 4.69) is 15.5 Å². The minimum Gasteiger partial charge on any atom is -0.345 e. The van der Waals surface area contributed by atoms with Crippen molar-refractivity contribution in [1.82, 2.24) is 20.1 Å². The number of amides is 1. The smallest absolute Gasteiger partial charge is 0.345 e. The molecule has 0 atom stereocenters. The number of thioether (sulfide) groups is 1. The molecule has 3 aromatic carbocycles. The molecule has 0 radical (unpaired) electrons. The number of carbonyl (C=O) groups excluding carboxylic acids is 1. The van der Waals surface area contributed by atoms with Crippen LogP contribution in [0.2, 0.25) is 5.02 Å².